The zero-order chi connectivity index (χ0) is 46.5. The van der Waals surface area contributed by atoms with Gasteiger partial charge in [-0.2, -0.15) is 0 Å². The van der Waals surface area contributed by atoms with E-state index in [0.29, 0.717) is 12.8 Å². The van der Waals surface area contributed by atoms with E-state index in [1.807, 2.05) is 36.5 Å². The molecule has 0 spiro atoms. The zero-order valence-corrected chi connectivity index (χ0v) is 40.5. The number of carbonyl (C=O) groups excluding carboxylic acids is 3. The van der Waals surface area contributed by atoms with Gasteiger partial charge in [0.1, 0.15) is 13.2 Å². The van der Waals surface area contributed by atoms with Gasteiger partial charge in [0.25, 0.3) is 0 Å². The number of carbonyl (C=O) groups is 3. The van der Waals surface area contributed by atoms with Crippen LogP contribution >= 0.6 is 0 Å². The molecule has 1 unspecified atom stereocenters. The van der Waals surface area contributed by atoms with Crippen molar-refractivity contribution in [2.45, 2.75) is 187 Å². The second-order valence-corrected chi connectivity index (χ2v) is 15.7. The molecule has 0 fully saturated rings. The van der Waals surface area contributed by atoms with Gasteiger partial charge < -0.3 is 14.2 Å². The Morgan fingerprint density at radius 1 is 0.328 bits per heavy atom. The standard InChI is InChI=1S/C58H88O6/c1-4-7-10-13-16-19-22-25-28-31-33-36-39-42-45-48-51-57(60)63-54-55(64-58(61)52-49-46-43-40-37-34-30-27-24-21-18-15-12-9-6-3)53-62-56(59)50-47-44-41-38-35-32-29-26-23-20-17-14-11-8-5-2/h7-12,14-21,23-25,27-28,30,33,36,42,45,55H,4-6,13,22,26,29,31-32,34-35,37-41,43-44,46-54H2,1-3H3/b10-7-,11-8-,12-9-,17-14-,18-15-,19-16-,23-20-,24-21-,28-25-,30-27-,36-33-,45-42-. The number of hydrogen-bond acceptors (Lipinski definition) is 6. The highest BCUT2D eigenvalue weighted by Gasteiger charge is 2.19. The van der Waals surface area contributed by atoms with E-state index in [1.54, 1.807) is 0 Å². The first-order chi connectivity index (χ1) is 31.5. The van der Waals surface area contributed by atoms with Gasteiger partial charge in [0, 0.05) is 19.3 Å². The molecule has 0 aliphatic rings. The van der Waals surface area contributed by atoms with Crippen LogP contribution in [0.5, 0.6) is 0 Å². The van der Waals surface area contributed by atoms with Crippen LogP contribution in [0.25, 0.3) is 0 Å². The molecule has 0 saturated carbocycles. The maximum absolute atomic E-state index is 12.8. The van der Waals surface area contributed by atoms with E-state index in [9.17, 15) is 14.4 Å². The van der Waals surface area contributed by atoms with Gasteiger partial charge in [-0.25, -0.2) is 0 Å². The van der Waals surface area contributed by atoms with Gasteiger partial charge in [-0.05, 0) is 89.9 Å². The molecule has 0 aromatic rings. The van der Waals surface area contributed by atoms with Crippen molar-refractivity contribution < 1.29 is 28.6 Å². The number of allylic oxidation sites excluding steroid dienone is 24. The fourth-order valence-electron chi connectivity index (χ4n) is 6.09. The summed E-state index contributed by atoms with van der Waals surface area (Å²) in [7, 11) is 0. The molecule has 0 heterocycles. The minimum Gasteiger partial charge on any atom is -0.462 e. The van der Waals surface area contributed by atoms with Gasteiger partial charge in [-0.3, -0.25) is 14.4 Å². The van der Waals surface area contributed by atoms with Crippen molar-refractivity contribution in [3.05, 3.63) is 146 Å². The molecular weight excluding hydrogens is 793 g/mol. The maximum atomic E-state index is 12.8. The van der Waals surface area contributed by atoms with Crippen LogP contribution in [-0.2, 0) is 28.6 Å². The first-order valence-corrected chi connectivity index (χ1v) is 24.9. The highest BCUT2D eigenvalue weighted by molar-refractivity contribution is 5.71. The van der Waals surface area contributed by atoms with Gasteiger partial charge in [-0.15, -0.1) is 0 Å². The number of hydrogen-bond donors (Lipinski definition) is 0. The summed E-state index contributed by atoms with van der Waals surface area (Å²) < 4.78 is 16.7. The van der Waals surface area contributed by atoms with E-state index in [1.165, 1.54) is 19.3 Å². The molecule has 0 rings (SSSR count). The molecule has 6 nitrogen and oxygen atoms in total. The molecule has 0 bridgehead atoms. The summed E-state index contributed by atoms with van der Waals surface area (Å²) in [6.07, 6.45) is 72.6. The van der Waals surface area contributed by atoms with Crippen LogP contribution in [0.2, 0.25) is 0 Å². The molecule has 0 saturated heterocycles. The van der Waals surface area contributed by atoms with E-state index >= 15 is 0 Å². The van der Waals surface area contributed by atoms with Crippen molar-refractivity contribution in [3.63, 3.8) is 0 Å². The molecule has 64 heavy (non-hydrogen) atoms. The van der Waals surface area contributed by atoms with Crippen molar-refractivity contribution in [1.82, 2.24) is 0 Å². The molecule has 0 radical (unpaired) electrons. The third-order valence-electron chi connectivity index (χ3n) is 9.74. The molecule has 0 amide bonds. The van der Waals surface area contributed by atoms with Crippen molar-refractivity contribution in [1.29, 1.82) is 0 Å². The Bertz CT molecular complexity index is 1480. The largest absolute Gasteiger partial charge is 0.462 e. The van der Waals surface area contributed by atoms with Crippen LogP contribution in [0.3, 0.4) is 0 Å². The SMILES string of the molecule is CC\C=C/C=C\C=C/C=C\CCCCCCCC(=O)OC(COC(=O)CC/C=C\C/C=C\C/C=C\C/C=C\C/C=C\CC)COC(=O)CCCCCCCCC\C=C/C=C\C=C/CC. The average Bonchev–Trinajstić information content (AvgIpc) is 3.29. The zero-order valence-electron chi connectivity index (χ0n) is 40.5. The van der Waals surface area contributed by atoms with Gasteiger partial charge in [-0.1, -0.05) is 218 Å². The third kappa shape index (κ3) is 48.3. The van der Waals surface area contributed by atoms with Crippen LogP contribution in [0, 0.1) is 0 Å². The lowest BCUT2D eigenvalue weighted by molar-refractivity contribution is -0.166. The smallest absolute Gasteiger partial charge is 0.306 e. The maximum Gasteiger partial charge on any atom is 0.306 e. The van der Waals surface area contributed by atoms with Crippen molar-refractivity contribution in [2.75, 3.05) is 13.2 Å². The van der Waals surface area contributed by atoms with E-state index in [0.717, 1.165) is 116 Å². The lowest BCUT2D eigenvalue weighted by Gasteiger charge is -2.18. The predicted molar refractivity (Wildman–Crippen MR) is 274 cm³/mol. The van der Waals surface area contributed by atoms with Gasteiger partial charge in [0.15, 0.2) is 6.10 Å². The molecule has 0 aromatic heterocycles. The highest BCUT2D eigenvalue weighted by Crippen LogP contribution is 2.13. The minimum atomic E-state index is -0.831. The van der Waals surface area contributed by atoms with Crippen LogP contribution in [0.4, 0.5) is 0 Å². The Hall–Kier alpha value is -4.71. The lowest BCUT2D eigenvalue weighted by atomic mass is 10.1. The Balaban J connectivity index is 4.59. The molecule has 0 N–H and O–H groups in total. The summed E-state index contributed by atoms with van der Waals surface area (Å²) in [5, 5.41) is 0. The number of unbranched alkanes of at least 4 members (excludes halogenated alkanes) is 12. The fraction of sp³-hybridized carbons (Fsp3) is 0.534. The van der Waals surface area contributed by atoms with E-state index in [2.05, 4.69) is 130 Å². The van der Waals surface area contributed by atoms with Gasteiger partial charge in [0.2, 0.25) is 0 Å². The Morgan fingerprint density at radius 3 is 1.12 bits per heavy atom. The van der Waals surface area contributed by atoms with Crippen LogP contribution in [0.15, 0.2) is 146 Å². The van der Waals surface area contributed by atoms with Gasteiger partial charge >= 0.3 is 17.9 Å². The van der Waals surface area contributed by atoms with Crippen molar-refractivity contribution >= 4 is 17.9 Å². The first kappa shape index (κ1) is 59.3. The highest BCUT2D eigenvalue weighted by atomic mass is 16.6. The molecule has 0 aliphatic carbocycles. The quantitative estimate of drug-likeness (QED) is 0.0200. The van der Waals surface area contributed by atoms with Gasteiger partial charge in [0.05, 0.1) is 0 Å². The normalized spacial score (nSPS) is 13.4. The summed E-state index contributed by atoms with van der Waals surface area (Å²) in [4.78, 5) is 37.9. The summed E-state index contributed by atoms with van der Waals surface area (Å²) in [5.74, 6) is -1.06. The molecule has 6 heteroatoms. The summed E-state index contributed by atoms with van der Waals surface area (Å²) >= 11 is 0. The Kier molecular flexibility index (Phi) is 47.2. The minimum absolute atomic E-state index is 0.124. The first-order valence-electron chi connectivity index (χ1n) is 24.9. The molecule has 1 atom stereocenters. The number of rotatable bonds is 42. The molecule has 0 aliphatic heterocycles. The van der Waals surface area contributed by atoms with Crippen molar-refractivity contribution in [2.24, 2.45) is 0 Å². The summed E-state index contributed by atoms with van der Waals surface area (Å²) in [6, 6.07) is 0. The number of esters is 3. The topological polar surface area (TPSA) is 78.9 Å². The Morgan fingerprint density at radius 2 is 0.672 bits per heavy atom. The molecular formula is C58H88O6. The van der Waals surface area contributed by atoms with E-state index in [-0.39, 0.29) is 44.0 Å². The molecule has 356 valence electrons. The second kappa shape index (κ2) is 50.9. The number of ether oxygens (including phenoxy) is 3. The third-order valence-corrected chi connectivity index (χ3v) is 9.74. The monoisotopic (exact) mass is 881 g/mol. The average molecular weight is 881 g/mol. The predicted octanol–water partition coefficient (Wildman–Crippen LogP) is 16.5. The molecule has 0 aromatic carbocycles. The summed E-state index contributed by atoms with van der Waals surface area (Å²) in [5.41, 5.74) is 0. The van der Waals surface area contributed by atoms with E-state index < -0.39 is 6.10 Å². The fourth-order valence-corrected chi connectivity index (χ4v) is 6.09. The second-order valence-electron chi connectivity index (χ2n) is 15.7. The summed E-state index contributed by atoms with van der Waals surface area (Å²) in [6.45, 7) is 6.13. The van der Waals surface area contributed by atoms with Crippen LogP contribution < -0.4 is 0 Å². The van der Waals surface area contributed by atoms with Crippen LogP contribution in [-0.4, -0.2) is 37.2 Å². The lowest BCUT2D eigenvalue weighted by Crippen LogP contribution is -2.30. The van der Waals surface area contributed by atoms with Crippen LogP contribution in [0.1, 0.15) is 181 Å². The van der Waals surface area contributed by atoms with E-state index in [4.69, 9.17) is 14.2 Å². The van der Waals surface area contributed by atoms with Crippen molar-refractivity contribution in [3.8, 4) is 0 Å². The Labute approximate surface area is 391 Å².